The molecule has 6 rings (SSSR count). The van der Waals surface area contributed by atoms with E-state index in [1.807, 2.05) is 37.3 Å². The minimum Gasteiger partial charge on any atom is -0.458 e. The molecule has 0 aliphatic heterocycles. The van der Waals surface area contributed by atoms with Crippen LogP contribution in [0.3, 0.4) is 0 Å². The Morgan fingerprint density at radius 1 is 1.02 bits per heavy atom. The third kappa shape index (κ3) is 4.47. The maximum atomic E-state index is 13.4. The van der Waals surface area contributed by atoms with Gasteiger partial charge in [0.25, 0.3) is 0 Å². The third-order valence-electron chi connectivity index (χ3n) is 11.0. The highest BCUT2D eigenvalue weighted by Gasteiger charge is 2.81. The molecule has 1 aromatic heterocycles. The number of aliphatic hydroxyl groups is 3. The summed E-state index contributed by atoms with van der Waals surface area (Å²) >= 11 is 0. The second-order valence-corrected chi connectivity index (χ2v) is 13.0. The number of esters is 2. The van der Waals surface area contributed by atoms with Gasteiger partial charge in [-0.2, -0.15) is 0 Å². The molecule has 0 unspecified atom stereocenters. The smallest absolute Gasteiger partial charge is 0.340 e. The first-order valence-corrected chi connectivity index (χ1v) is 15.1. The lowest BCUT2D eigenvalue weighted by atomic mass is 9.44. The Bertz CT molecular complexity index is 1650. The number of nitrogens with zero attached hydrogens (tertiary/aromatic N) is 1. The van der Waals surface area contributed by atoms with Gasteiger partial charge >= 0.3 is 11.9 Å². The molecule has 9 heteroatoms. The molecule has 2 saturated carbocycles. The average Bonchev–Trinajstić information content (AvgIpc) is 3.26. The van der Waals surface area contributed by atoms with Crippen molar-refractivity contribution in [1.82, 2.24) is 4.98 Å². The lowest BCUT2D eigenvalue weighted by Crippen LogP contribution is -2.78. The van der Waals surface area contributed by atoms with Gasteiger partial charge in [0.15, 0.2) is 5.78 Å². The van der Waals surface area contributed by atoms with Crippen molar-refractivity contribution in [1.29, 1.82) is 0 Å². The van der Waals surface area contributed by atoms with Gasteiger partial charge in [-0.05, 0) is 73.8 Å². The van der Waals surface area contributed by atoms with Crippen molar-refractivity contribution in [3.8, 4) is 0 Å². The first kappa shape index (κ1) is 30.8. The Hall–Kier alpha value is -4.18. The van der Waals surface area contributed by atoms with Crippen molar-refractivity contribution >= 4 is 23.8 Å². The molecule has 0 radical (unpaired) electrons. The van der Waals surface area contributed by atoms with Crippen LogP contribution >= 0.6 is 0 Å². The van der Waals surface area contributed by atoms with Gasteiger partial charge in [-0.15, -0.1) is 0 Å². The summed E-state index contributed by atoms with van der Waals surface area (Å²) < 4.78 is 11.9. The van der Waals surface area contributed by atoms with Crippen LogP contribution in [0.5, 0.6) is 0 Å². The Labute approximate surface area is 261 Å². The SMILES string of the molecule is C[C@@H](OC(=O)c1cccnc1)[C@]1(O)CC[C@@]2(O)[C@]1(C)[C@H](OC(=O)/C=C/c1ccccc1)C[C@@H]1[C@@]3(C)C=CC(=O)C=C3C=C[C@]12O. The molecule has 9 nitrogen and oxygen atoms in total. The maximum absolute atomic E-state index is 13.4. The van der Waals surface area contributed by atoms with Crippen LogP contribution in [0.4, 0.5) is 0 Å². The molecule has 0 spiro atoms. The molecule has 1 heterocycles. The molecular weight excluding hydrogens is 574 g/mol. The van der Waals surface area contributed by atoms with E-state index in [1.54, 1.807) is 31.2 Å². The highest BCUT2D eigenvalue weighted by atomic mass is 16.6. The summed E-state index contributed by atoms with van der Waals surface area (Å²) in [5.41, 5.74) is -6.86. The van der Waals surface area contributed by atoms with Crippen LogP contribution in [0.25, 0.3) is 6.08 Å². The Morgan fingerprint density at radius 2 is 1.78 bits per heavy atom. The maximum Gasteiger partial charge on any atom is 0.340 e. The second-order valence-electron chi connectivity index (χ2n) is 13.0. The predicted octanol–water partition coefficient (Wildman–Crippen LogP) is 3.91. The Balaban J connectivity index is 1.43. The number of allylic oxidation sites excluding steroid dienone is 5. The van der Waals surface area contributed by atoms with E-state index in [-0.39, 0.29) is 30.6 Å². The zero-order valence-corrected chi connectivity index (χ0v) is 25.4. The van der Waals surface area contributed by atoms with Gasteiger partial charge in [0, 0.05) is 29.8 Å². The van der Waals surface area contributed by atoms with E-state index >= 15 is 0 Å². The van der Waals surface area contributed by atoms with Crippen LogP contribution in [0.15, 0.2) is 96.9 Å². The van der Waals surface area contributed by atoms with E-state index in [1.165, 1.54) is 49.7 Å². The number of pyridine rings is 1. The van der Waals surface area contributed by atoms with Crippen LogP contribution in [-0.4, -0.2) is 67.0 Å². The topological polar surface area (TPSA) is 143 Å². The number of carbonyl (C=O) groups excluding carboxylic acids is 3. The van der Waals surface area contributed by atoms with E-state index in [0.717, 1.165) is 5.56 Å². The van der Waals surface area contributed by atoms with Gasteiger partial charge in [-0.1, -0.05) is 56.3 Å². The average molecular weight is 612 g/mol. The first-order valence-electron chi connectivity index (χ1n) is 15.1. The van der Waals surface area contributed by atoms with Gasteiger partial charge < -0.3 is 24.8 Å². The molecule has 2 fully saturated rings. The molecule has 4 aliphatic rings. The summed E-state index contributed by atoms with van der Waals surface area (Å²) in [5, 5.41) is 37.9. The molecule has 3 N–H and O–H groups in total. The molecule has 0 saturated heterocycles. The zero-order chi connectivity index (χ0) is 32.3. The van der Waals surface area contributed by atoms with Crippen LogP contribution < -0.4 is 0 Å². The van der Waals surface area contributed by atoms with Crippen LogP contribution in [0.1, 0.15) is 56.0 Å². The van der Waals surface area contributed by atoms with E-state index in [2.05, 4.69) is 4.98 Å². The van der Waals surface area contributed by atoms with Crippen molar-refractivity contribution in [3.63, 3.8) is 0 Å². The van der Waals surface area contributed by atoms with Gasteiger partial charge in [-0.25, -0.2) is 9.59 Å². The Kier molecular flexibility index (Phi) is 7.34. The van der Waals surface area contributed by atoms with Crippen LogP contribution in [-0.2, 0) is 19.1 Å². The van der Waals surface area contributed by atoms with Crippen molar-refractivity contribution in [2.24, 2.45) is 16.7 Å². The monoisotopic (exact) mass is 611 g/mol. The summed E-state index contributed by atoms with van der Waals surface area (Å²) in [5.74, 6) is -2.35. The van der Waals surface area contributed by atoms with E-state index in [0.29, 0.717) is 5.57 Å². The number of carbonyl (C=O) groups is 3. The molecule has 0 bridgehead atoms. The largest absolute Gasteiger partial charge is 0.458 e. The fourth-order valence-electron chi connectivity index (χ4n) is 8.26. The Morgan fingerprint density at radius 3 is 2.49 bits per heavy atom. The second kappa shape index (κ2) is 10.7. The standard InChI is InChI=1S/C36H37NO8/c1-23(44-31(40)25-10-7-19-37-22-25)34(41)17-18-36(43)33(34,3)29(45-30(39)12-11-24-8-5-4-6-9-24)21-28-32(2)15-14-27(38)20-26(32)13-16-35(28,36)42/h4-16,19-20,22-23,28-29,41-43H,17-18,21H2,1-3H3/b12-11+/t23-,28-,29-,32+,33-,34-,35+,36-/m1/s1. The van der Waals surface area contributed by atoms with Crippen molar-refractivity contribution < 1.29 is 39.2 Å². The molecular formula is C36H37NO8. The normalized spacial score (nSPS) is 37.3. The number of ketones is 1. The zero-order valence-electron chi connectivity index (χ0n) is 25.4. The third-order valence-corrected chi connectivity index (χ3v) is 11.0. The minimum atomic E-state index is -2.04. The lowest BCUT2D eigenvalue weighted by Gasteiger charge is -2.65. The van der Waals surface area contributed by atoms with Crippen molar-refractivity contribution in [2.45, 2.75) is 69.0 Å². The molecule has 2 aromatic rings. The molecule has 4 aliphatic carbocycles. The summed E-state index contributed by atoms with van der Waals surface area (Å²) in [6, 6.07) is 12.3. The summed E-state index contributed by atoms with van der Waals surface area (Å²) in [7, 11) is 0. The molecule has 8 atom stereocenters. The number of aromatic nitrogens is 1. The fraction of sp³-hybridized carbons (Fsp3) is 0.389. The van der Waals surface area contributed by atoms with Gasteiger partial charge in [0.1, 0.15) is 29.0 Å². The van der Waals surface area contributed by atoms with Crippen molar-refractivity contribution in [3.05, 3.63) is 108 Å². The summed E-state index contributed by atoms with van der Waals surface area (Å²) in [6.07, 6.45) is 11.1. The summed E-state index contributed by atoms with van der Waals surface area (Å²) in [6.45, 7) is 4.99. The number of hydrogen-bond donors (Lipinski definition) is 3. The lowest BCUT2D eigenvalue weighted by molar-refractivity contribution is -0.308. The molecule has 1 aromatic carbocycles. The number of rotatable bonds is 6. The van der Waals surface area contributed by atoms with Gasteiger partial charge in [-0.3, -0.25) is 9.78 Å². The number of hydrogen-bond acceptors (Lipinski definition) is 9. The van der Waals surface area contributed by atoms with Crippen LogP contribution in [0.2, 0.25) is 0 Å². The number of benzene rings is 1. The van der Waals surface area contributed by atoms with Gasteiger partial charge in [0.2, 0.25) is 0 Å². The van der Waals surface area contributed by atoms with E-state index < -0.39 is 57.7 Å². The first-order chi connectivity index (χ1) is 21.3. The van der Waals surface area contributed by atoms with Crippen LogP contribution in [0, 0.1) is 16.7 Å². The van der Waals surface area contributed by atoms with Crippen molar-refractivity contribution in [2.75, 3.05) is 0 Å². The number of fused-ring (bicyclic) bond motifs is 5. The quantitative estimate of drug-likeness (QED) is 0.327. The molecule has 0 amide bonds. The molecule has 234 valence electrons. The number of ether oxygens (including phenoxy) is 2. The summed E-state index contributed by atoms with van der Waals surface area (Å²) in [4.78, 5) is 42.7. The molecule has 45 heavy (non-hydrogen) atoms. The fourth-order valence-corrected chi connectivity index (χ4v) is 8.26. The minimum absolute atomic E-state index is 0.0303. The van der Waals surface area contributed by atoms with E-state index in [4.69, 9.17) is 9.47 Å². The predicted molar refractivity (Wildman–Crippen MR) is 164 cm³/mol. The van der Waals surface area contributed by atoms with Gasteiger partial charge in [0.05, 0.1) is 11.0 Å². The van der Waals surface area contributed by atoms with E-state index in [9.17, 15) is 29.7 Å². The highest BCUT2D eigenvalue weighted by molar-refractivity contribution is 6.01. The highest BCUT2D eigenvalue weighted by Crippen LogP contribution is 2.70.